The lowest BCUT2D eigenvalue weighted by Crippen LogP contribution is -2.58. The van der Waals surface area contributed by atoms with E-state index < -0.39 is 0 Å². The second-order valence-corrected chi connectivity index (χ2v) is 5.84. The fourth-order valence-electron chi connectivity index (χ4n) is 3.02. The maximum atomic E-state index is 12.0. The summed E-state index contributed by atoms with van der Waals surface area (Å²) in [5.74, 6) is 0.366. The van der Waals surface area contributed by atoms with Gasteiger partial charge in [-0.15, -0.1) is 0 Å². The van der Waals surface area contributed by atoms with Crippen molar-refractivity contribution in [2.45, 2.75) is 57.3 Å². The van der Waals surface area contributed by atoms with Gasteiger partial charge in [0, 0.05) is 19.5 Å². The minimum absolute atomic E-state index is 0.0286. The lowest BCUT2D eigenvalue weighted by molar-refractivity contribution is -0.163. The summed E-state index contributed by atoms with van der Waals surface area (Å²) in [7, 11) is 0. The fourth-order valence-corrected chi connectivity index (χ4v) is 3.02. The molecule has 1 saturated heterocycles. The van der Waals surface area contributed by atoms with Crippen LogP contribution in [0.15, 0.2) is 0 Å². The number of rotatable bonds is 2. The molecule has 0 spiro atoms. The van der Waals surface area contributed by atoms with Crippen LogP contribution in [-0.4, -0.2) is 53.2 Å². The standard InChI is InChI=1S/C13H23NO3/c1-13(2)9-14(7-10(8-15)17-13)11-5-3-4-6-12(11)16/h10-11,15H,3-9H2,1-2H3. The Morgan fingerprint density at radius 2 is 2.24 bits per heavy atom. The Labute approximate surface area is 103 Å². The quantitative estimate of drug-likeness (QED) is 0.782. The van der Waals surface area contributed by atoms with Gasteiger partial charge in [0.05, 0.1) is 24.4 Å². The number of aliphatic hydroxyl groups is 1. The average Bonchev–Trinajstić information content (AvgIpc) is 2.27. The van der Waals surface area contributed by atoms with Crippen molar-refractivity contribution in [3.05, 3.63) is 0 Å². The Kier molecular flexibility index (Phi) is 3.85. The monoisotopic (exact) mass is 241 g/mol. The second kappa shape index (κ2) is 5.04. The molecule has 98 valence electrons. The maximum absolute atomic E-state index is 12.0. The first-order valence-electron chi connectivity index (χ1n) is 6.57. The number of carbonyl (C=O) groups is 1. The third-order valence-electron chi connectivity index (χ3n) is 3.67. The number of ketones is 1. The van der Waals surface area contributed by atoms with Gasteiger partial charge in [0.1, 0.15) is 5.78 Å². The third kappa shape index (κ3) is 3.06. The van der Waals surface area contributed by atoms with Crippen molar-refractivity contribution < 1.29 is 14.6 Å². The van der Waals surface area contributed by atoms with Crippen LogP contribution in [0.1, 0.15) is 39.5 Å². The number of hydrogen-bond donors (Lipinski definition) is 1. The predicted octanol–water partition coefficient (Wildman–Crippen LogP) is 0.970. The van der Waals surface area contributed by atoms with E-state index in [1.54, 1.807) is 0 Å². The Bertz CT molecular complexity index is 290. The molecule has 2 atom stereocenters. The zero-order valence-corrected chi connectivity index (χ0v) is 10.8. The highest BCUT2D eigenvalue weighted by molar-refractivity contribution is 5.84. The van der Waals surface area contributed by atoms with Crippen molar-refractivity contribution in [3.8, 4) is 0 Å². The van der Waals surface area contributed by atoms with Crippen LogP contribution in [0.5, 0.6) is 0 Å². The molecule has 0 amide bonds. The highest BCUT2D eigenvalue weighted by Gasteiger charge is 2.38. The molecule has 1 saturated carbocycles. The minimum Gasteiger partial charge on any atom is -0.394 e. The van der Waals surface area contributed by atoms with Gasteiger partial charge in [0.15, 0.2) is 0 Å². The number of Topliss-reactive ketones (excluding diaryl/α,β-unsaturated/α-hetero) is 1. The van der Waals surface area contributed by atoms with E-state index in [1.165, 1.54) is 0 Å². The van der Waals surface area contributed by atoms with Crippen molar-refractivity contribution in [1.29, 1.82) is 0 Å². The summed E-state index contributed by atoms with van der Waals surface area (Å²) in [6, 6.07) is 0.0565. The Hall–Kier alpha value is -0.450. The molecule has 0 aromatic heterocycles. The normalized spacial score (nSPS) is 34.9. The van der Waals surface area contributed by atoms with Crippen molar-refractivity contribution in [3.63, 3.8) is 0 Å². The lowest BCUT2D eigenvalue weighted by atomic mass is 9.91. The van der Waals surface area contributed by atoms with Gasteiger partial charge in [-0.05, 0) is 26.7 Å². The molecule has 2 aliphatic rings. The Morgan fingerprint density at radius 1 is 1.47 bits per heavy atom. The second-order valence-electron chi connectivity index (χ2n) is 5.84. The Morgan fingerprint density at radius 3 is 2.88 bits per heavy atom. The summed E-state index contributed by atoms with van der Waals surface area (Å²) in [6.07, 6.45) is 3.69. The van der Waals surface area contributed by atoms with Crippen LogP contribution >= 0.6 is 0 Å². The van der Waals surface area contributed by atoms with Crippen LogP contribution in [0.3, 0.4) is 0 Å². The molecule has 1 heterocycles. The molecular weight excluding hydrogens is 218 g/mol. The molecule has 2 fully saturated rings. The topological polar surface area (TPSA) is 49.8 Å². The van der Waals surface area contributed by atoms with E-state index in [-0.39, 0.29) is 24.4 Å². The van der Waals surface area contributed by atoms with Crippen molar-refractivity contribution in [2.75, 3.05) is 19.7 Å². The van der Waals surface area contributed by atoms with E-state index in [1.807, 2.05) is 13.8 Å². The zero-order valence-electron chi connectivity index (χ0n) is 10.8. The van der Waals surface area contributed by atoms with E-state index >= 15 is 0 Å². The van der Waals surface area contributed by atoms with Crippen LogP contribution in [0.4, 0.5) is 0 Å². The van der Waals surface area contributed by atoms with Gasteiger partial charge in [0.25, 0.3) is 0 Å². The van der Waals surface area contributed by atoms with Crippen molar-refractivity contribution >= 4 is 5.78 Å². The highest BCUT2D eigenvalue weighted by atomic mass is 16.5. The van der Waals surface area contributed by atoms with Crippen molar-refractivity contribution in [2.24, 2.45) is 0 Å². The molecule has 17 heavy (non-hydrogen) atoms. The van der Waals surface area contributed by atoms with E-state index in [4.69, 9.17) is 4.74 Å². The molecule has 0 aromatic rings. The molecule has 0 aromatic carbocycles. The van der Waals surface area contributed by atoms with E-state index in [0.717, 1.165) is 25.8 Å². The molecule has 2 rings (SSSR count). The fraction of sp³-hybridized carbons (Fsp3) is 0.923. The highest BCUT2D eigenvalue weighted by Crippen LogP contribution is 2.27. The largest absolute Gasteiger partial charge is 0.394 e. The number of ether oxygens (including phenoxy) is 1. The molecule has 1 aliphatic carbocycles. The summed E-state index contributed by atoms with van der Waals surface area (Å²) >= 11 is 0. The summed E-state index contributed by atoms with van der Waals surface area (Å²) in [4.78, 5) is 14.2. The zero-order chi connectivity index (χ0) is 12.5. The molecule has 4 nitrogen and oxygen atoms in total. The van der Waals surface area contributed by atoms with Gasteiger partial charge in [-0.25, -0.2) is 0 Å². The van der Waals surface area contributed by atoms with E-state index in [0.29, 0.717) is 18.7 Å². The van der Waals surface area contributed by atoms with Gasteiger partial charge in [-0.3, -0.25) is 9.69 Å². The average molecular weight is 241 g/mol. The van der Waals surface area contributed by atoms with Gasteiger partial charge < -0.3 is 9.84 Å². The molecule has 1 aliphatic heterocycles. The van der Waals surface area contributed by atoms with Crippen LogP contribution in [-0.2, 0) is 9.53 Å². The maximum Gasteiger partial charge on any atom is 0.149 e. The SMILES string of the molecule is CC1(C)CN(C2CCCCC2=O)CC(CO)O1. The van der Waals surface area contributed by atoms with Gasteiger partial charge >= 0.3 is 0 Å². The van der Waals surface area contributed by atoms with Gasteiger partial charge in [-0.2, -0.15) is 0 Å². The van der Waals surface area contributed by atoms with E-state index in [9.17, 15) is 9.90 Å². The first-order valence-corrected chi connectivity index (χ1v) is 6.57. The summed E-state index contributed by atoms with van der Waals surface area (Å²) in [6.45, 7) is 5.53. The third-order valence-corrected chi connectivity index (χ3v) is 3.67. The van der Waals surface area contributed by atoms with Crippen LogP contribution in [0.2, 0.25) is 0 Å². The van der Waals surface area contributed by atoms with Gasteiger partial charge in [-0.1, -0.05) is 6.42 Å². The van der Waals surface area contributed by atoms with Crippen molar-refractivity contribution in [1.82, 2.24) is 4.90 Å². The number of aliphatic hydroxyl groups excluding tert-OH is 1. The number of carbonyl (C=O) groups excluding carboxylic acids is 1. The summed E-state index contributed by atoms with van der Waals surface area (Å²) in [5, 5.41) is 9.27. The smallest absolute Gasteiger partial charge is 0.149 e. The molecule has 2 unspecified atom stereocenters. The predicted molar refractivity (Wildman–Crippen MR) is 64.9 cm³/mol. The molecular formula is C13H23NO3. The first-order chi connectivity index (χ1) is 8.02. The number of hydrogen-bond acceptors (Lipinski definition) is 4. The minimum atomic E-state index is -0.274. The van der Waals surface area contributed by atoms with Crippen LogP contribution < -0.4 is 0 Å². The summed E-state index contributed by atoms with van der Waals surface area (Å²) < 4.78 is 5.78. The van der Waals surface area contributed by atoms with E-state index in [2.05, 4.69) is 4.90 Å². The first kappa shape index (κ1) is 13.0. The van der Waals surface area contributed by atoms with Gasteiger partial charge in [0.2, 0.25) is 0 Å². The van der Waals surface area contributed by atoms with Crippen LogP contribution in [0.25, 0.3) is 0 Å². The Balaban J connectivity index is 2.06. The summed E-state index contributed by atoms with van der Waals surface area (Å²) in [5.41, 5.74) is -0.274. The number of nitrogens with zero attached hydrogens (tertiary/aromatic N) is 1. The molecule has 0 bridgehead atoms. The molecule has 1 N–H and O–H groups in total. The lowest BCUT2D eigenvalue weighted by Gasteiger charge is -2.45. The molecule has 4 heteroatoms. The number of morpholine rings is 1. The van der Waals surface area contributed by atoms with Crippen LogP contribution in [0, 0.1) is 0 Å². The molecule has 0 radical (unpaired) electrons.